The number of thioether (sulfide) groups is 1. The lowest BCUT2D eigenvalue weighted by Gasteiger charge is -2.18. The Labute approximate surface area is 216 Å². The molecule has 0 N–H and O–H groups in total. The fourth-order valence-corrected chi connectivity index (χ4v) is 5.26. The molecule has 0 amide bonds. The second kappa shape index (κ2) is 11.0. The van der Waals surface area contributed by atoms with Crippen molar-refractivity contribution >= 4 is 27.7 Å². The van der Waals surface area contributed by atoms with Crippen LogP contribution >= 0.6 is 27.7 Å². The van der Waals surface area contributed by atoms with Gasteiger partial charge in [0.15, 0.2) is 5.16 Å². The first kappa shape index (κ1) is 24.9. The van der Waals surface area contributed by atoms with Gasteiger partial charge in [-0.1, -0.05) is 69.7 Å². The fourth-order valence-electron chi connectivity index (χ4n) is 3.69. The number of ether oxygens (including phenoxy) is 1. The maximum atomic E-state index is 11.7. The maximum Gasteiger partial charge on any atom is 0.220 e. The summed E-state index contributed by atoms with van der Waals surface area (Å²) in [5.41, 5.74) is 4.95. The lowest BCUT2D eigenvalue weighted by molar-refractivity contribution is -0.479. The standard InChI is InChI=1S/C26H25BrN4O3S/c1-17-7-9-20(10-8-17)16-34-24-12-11-21(27)14-23(24)25(15-30(32)33)35-26-29-28-19(3)31(26)22-6-4-5-18(2)13-22/h4-14,25H,15-16H2,1-3H3/t25-/m1/s1. The molecule has 1 heterocycles. The summed E-state index contributed by atoms with van der Waals surface area (Å²) in [7, 11) is 0. The molecule has 0 radical (unpaired) electrons. The van der Waals surface area contributed by atoms with Gasteiger partial charge in [0.25, 0.3) is 0 Å². The summed E-state index contributed by atoms with van der Waals surface area (Å²) in [5, 5.41) is 20.3. The number of aromatic nitrogens is 3. The quantitative estimate of drug-likeness (QED) is 0.131. The SMILES string of the molecule is Cc1ccc(COc2ccc(Br)cc2[C@@H](C[N+](=O)[O-])Sc2nnc(C)n2-c2cccc(C)c2)cc1. The van der Waals surface area contributed by atoms with E-state index in [9.17, 15) is 10.1 Å². The van der Waals surface area contributed by atoms with Gasteiger partial charge in [0.1, 0.15) is 23.4 Å². The molecule has 180 valence electrons. The van der Waals surface area contributed by atoms with Gasteiger partial charge in [-0.15, -0.1) is 10.2 Å². The van der Waals surface area contributed by atoms with E-state index in [1.54, 1.807) is 0 Å². The summed E-state index contributed by atoms with van der Waals surface area (Å²) in [6, 6.07) is 21.7. The minimum absolute atomic E-state index is 0.290. The van der Waals surface area contributed by atoms with Gasteiger partial charge >= 0.3 is 0 Å². The highest BCUT2D eigenvalue weighted by molar-refractivity contribution is 9.10. The van der Waals surface area contributed by atoms with Crippen LogP contribution in [-0.4, -0.2) is 26.2 Å². The van der Waals surface area contributed by atoms with E-state index in [0.29, 0.717) is 23.3 Å². The van der Waals surface area contributed by atoms with Gasteiger partial charge in [0, 0.05) is 20.6 Å². The Hall–Kier alpha value is -3.17. The summed E-state index contributed by atoms with van der Waals surface area (Å²) < 4.78 is 8.90. The van der Waals surface area contributed by atoms with Crippen LogP contribution in [-0.2, 0) is 6.61 Å². The van der Waals surface area contributed by atoms with Crippen LogP contribution in [0.2, 0.25) is 0 Å². The monoisotopic (exact) mass is 552 g/mol. The van der Waals surface area contributed by atoms with Crippen LogP contribution in [0.15, 0.2) is 76.4 Å². The van der Waals surface area contributed by atoms with Crippen molar-refractivity contribution in [2.45, 2.75) is 37.8 Å². The molecule has 7 nitrogen and oxygen atoms in total. The van der Waals surface area contributed by atoms with Crippen molar-refractivity contribution in [3.05, 3.63) is 109 Å². The zero-order chi connectivity index (χ0) is 24.9. The van der Waals surface area contributed by atoms with E-state index < -0.39 is 5.25 Å². The molecule has 0 aliphatic heterocycles. The average molecular weight is 553 g/mol. The molecular weight excluding hydrogens is 528 g/mol. The van der Waals surface area contributed by atoms with E-state index in [-0.39, 0.29) is 11.5 Å². The van der Waals surface area contributed by atoms with Gasteiger partial charge in [-0.2, -0.15) is 0 Å². The van der Waals surface area contributed by atoms with Gasteiger partial charge in [0.05, 0.1) is 0 Å². The summed E-state index contributed by atoms with van der Waals surface area (Å²) in [6.45, 7) is 6.00. The van der Waals surface area contributed by atoms with Crippen LogP contribution in [0.4, 0.5) is 0 Å². The fraction of sp³-hybridized carbons (Fsp3) is 0.231. The highest BCUT2D eigenvalue weighted by atomic mass is 79.9. The largest absolute Gasteiger partial charge is 0.489 e. The van der Waals surface area contributed by atoms with Crippen molar-refractivity contribution in [2.24, 2.45) is 0 Å². The molecule has 0 unspecified atom stereocenters. The molecule has 0 fully saturated rings. The number of nitro groups is 1. The van der Waals surface area contributed by atoms with E-state index >= 15 is 0 Å². The Morgan fingerprint density at radius 1 is 1.03 bits per heavy atom. The Balaban J connectivity index is 1.68. The first-order valence-electron chi connectivity index (χ1n) is 11.1. The second-order valence-electron chi connectivity index (χ2n) is 8.28. The Morgan fingerprint density at radius 3 is 2.51 bits per heavy atom. The van der Waals surface area contributed by atoms with Crippen molar-refractivity contribution in [3.63, 3.8) is 0 Å². The molecule has 4 aromatic rings. The number of rotatable bonds is 9. The van der Waals surface area contributed by atoms with Crippen LogP contribution in [0.3, 0.4) is 0 Å². The van der Waals surface area contributed by atoms with E-state index in [4.69, 9.17) is 4.74 Å². The Bertz CT molecular complexity index is 1340. The van der Waals surface area contributed by atoms with Crippen molar-refractivity contribution in [1.82, 2.24) is 14.8 Å². The number of hydrogen-bond acceptors (Lipinski definition) is 6. The zero-order valence-corrected chi connectivity index (χ0v) is 22.0. The van der Waals surface area contributed by atoms with Crippen molar-refractivity contribution in [1.29, 1.82) is 0 Å². The third-order valence-corrected chi connectivity index (χ3v) is 7.11. The van der Waals surface area contributed by atoms with Gasteiger partial charge in [-0.25, -0.2) is 0 Å². The lowest BCUT2D eigenvalue weighted by Crippen LogP contribution is -2.13. The molecule has 0 bridgehead atoms. The molecule has 1 atom stereocenters. The van der Waals surface area contributed by atoms with E-state index in [1.165, 1.54) is 17.3 Å². The van der Waals surface area contributed by atoms with E-state index in [0.717, 1.165) is 26.9 Å². The molecule has 3 aromatic carbocycles. The molecule has 9 heteroatoms. The second-order valence-corrected chi connectivity index (χ2v) is 10.4. The molecule has 0 spiro atoms. The van der Waals surface area contributed by atoms with E-state index in [1.807, 2.05) is 92.1 Å². The zero-order valence-electron chi connectivity index (χ0n) is 19.6. The molecule has 0 saturated heterocycles. The van der Waals surface area contributed by atoms with Gasteiger partial charge < -0.3 is 4.74 Å². The highest BCUT2D eigenvalue weighted by Crippen LogP contribution is 2.41. The topological polar surface area (TPSA) is 83.1 Å². The predicted octanol–water partition coefficient (Wildman–Crippen LogP) is 6.64. The van der Waals surface area contributed by atoms with Gasteiger partial charge in [0.2, 0.25) is 6.54 Å². The maximum absolute atomic E-state index is 11.7. The minimum Gasteiger partial charge on any atom is -0.489 e. The molecule has 35 heavy (non-hydrogen) atoms. The summed E-state index contributed by atoms with van der Waals surface area (Å²) in [5.74, 6) is 1.31. The van der Waals surface area contributed by atoms with Gasteiger partial charge in [-0.05, 0) is 62.2 Å². The summed E-state index contributed by atoms with van der Waals surface area (Å²) >= 11 is 4.83. The smallest absolute Gasteiger partial charge is 0.220 e. The normalized spacial score (nSPS) is 11.9. The first-order valence-corrected chi connectivity index (χ1v) is 12.7. The number of hydrogen-bond donors (Lipinski definition) is 0. The van der Waals surface area contributed by atoms with E-state index in [2.05, 4.69) is 26.1 Å². The number of nitrogens with zero attached hydrogens (tertiary/aromatic N) is 4. The third kappa shape index (κ3) is 6.29. The highest BCUT2D eigenvalue weighted by Gasteiger charge is 2.27. The van der Waals surface area contributed by atoms with Crippen molar-refractivity contribution in [2.75, 3.05) is 6.54 Å². The van der Waals surface area contributed by atoms with Crippen LogP contribution in [0, 0.1) is 30.9 Å². The average Bonchev–Trinajstić information content (AvgIpc) is 3.18. The van der Waals surface area contributed by atoms with Crippen LogP contribution in [0.25, 0.3) is 5.69 Å². The first-order chi connectivity index (χ1) is 16.8. The molecular formula is C26H25BrN4O3S. The predicted molar refractivity (Wildman–Crippen MR) is 141 cm³/mol. The minimum atomic E-state index is -0.539. The molecule has 0 aliphatic carbocycles. The Kier molecular flexibility index (Phi) is 7.87. The molecule has 4 rings (SSSR count). The number of benzene rings is 3. The number of halogens is 1. The molecule has 1 aromatic heterocycles. The summed E-state index contributed by atoms with van der Waals surface area (Å²) in [4.78, 5) is 11.4. The molecule has 0 saturated carbocycles. The summed E-state index contributed by atoms with van der Waals surface area (Å²) in [6.07, 6.45) is 0. The lowest BCUT2D eigenvalue weighted by atomic mass is 10.1. The number of aryl methyl sites for hydroxylation is 3. The van der Waals surface area contributed by atoms with Crippen molar-refractivity contribution in [3.8, 4) is 11.4 Å². The van der Waals surface area contributed by atoms with Crippen LogP contribution in [0.5, 0.6) is 5.75 Å². The van der Waals surface area contributed by atoms with Gasteiger partial charge in [-0.3, -0.25) is 14.7 Å². The molecule has 0 aliphatic rings. The third-order valence-electron chi connectivity index (χ3n) is 5.45. The van der Waals surface area contributed by atoms with Crippen molar-refractivity contribution < 1.29 is 9.66 Å². The van der Waals surface area contributed by atoms with Crippen LogP contribution < -0.4 is 4.74 Å². The van der Waals surface area contributed by atoms with Crippen LogP contribution in [0.1, 0.15) is 33.3 Å². The Morgan fingerprint density at radius 2 is 1.80 bits per heavy atom.